The molecule has 8 heteroatoms. The third-order valence-electron chi connectivity index (χ3n) is 0.974. The minimum Gasteiger partial charge on any atom is -0.477 e. The maximum Gasteiger partial charge on any atom is 0.402 e. The number of hydrogen-bond donors (Lipinski definition) is 1. The fraction of sp³-hybridized carbons (Fsp3) is 0. The van der Waals surface area contributed by atoms with E-state index in [4.69, 9.17) is 15.8 Å². The SMILES string of the molecule is O=C(O)c1ccc(OS(=O)(=O)Cl)s1. The van der Waals surface area contributed by atoms with E-state index in [1.54, 1.807) is 0 Å². The van der Waals surface area contributed by atoms with Crippen molar-refractivity contribution in [2.45, 2.75) is 0 Å². The number of carboxylic acid groups (broad SMARTS) is 1. The van der Waals surface area contributed by atoms with Crippen molar-refractivity contribution in [2.24, 2.45) is 0 Å². The minimum atomic E-state index is -4.10. The summed E-state index contributed by atoms with van der Waals surface area (Å²) in [4.78, 5) is 10.3. The van der Waals surface area contributed by atoms with E-state index in [9.17, 15) is 13.2 Å². The zero-order chi connectivity index (χ0) is 10.1. The van der Waals surface area contributed by atoms with Crippen LogP contribution in [0.1, 0.15) is 9.67 Å². The Bertz CT molecular complexity index is 420. The lowest BCUT2D eigenvalue weighted by Crippen LogP contribution is -1.97. The number of carbonyl (C=O) groups is 1. The van der Waals surface area contributed by atoms with Gasteiger partial charge in [-0.15, -0.1) is 0 Å². The summed E-state index contributed by atoms with van der Waals surface area (Å²) in [6.07, 6.45) is 0. The van der Waals surface area contributed by atoms with Crippen molar-refractivity contribution in [3.05, 3.63) is 17.0 Å². The Balaban J connectivity index is 2.87. The Labute approximate surface area is 82.1 Å². The van der Waals surface area contributed by atoms with Gasteiger partial charge in [0, 0.05) is 0 Å². The van der Waals surface area contributed by atoms with Gasteiger partial charge in [0.2, 0.25) is 0 Å². The summed E-state index contributed by atoms with van der Waals surface area (Å²) in [6.45, 7) is 0. The Hall–Kier alpha value is -0.790. The van der Waals surface area contributed by atoms with E-state index < -0.39 is 15.3 Å². The van der Waals surface area contributed by atoms with Crippen molar-refractivity contribution in [1.82, 2.24) is 0 Å². The van der Waals surface area contributed by atoms with Crippen LogP contribution in [-0.4, -0.2) is 19.5 Å². The van der Waals surface area contributed by atoms with Gasteiger partial charge >= 0.3 is 15.3 Å². The van der Waals surface area contributed by atoms with E-state index in [2.05, 4.69) is 4.18 Å². The largest absolute Gasteiger partial charge is 0.477 e. The zero-order valence-corrected chi connectivity index (χ0v) is 8.32. The highest BCUT2D eigenvalue weighted by molar-refractivity contribution is 8.10. The first-order valence-electron chi connectivity index (χ1n) is 2.86. The number of hydrogen-bond acceptors (Lipinski definition) is 5. The number of aromatic carboxylic acids is 1. The maximum absolute atomic E-state index is 10.4. The summed E-state index contributed by atoms with van der Waals surface area (Å²) in [5, 5.41) is 8.39. The van der Waals surface area contributed by atoms with Gasteiger partial charge in [0.15, 0.2) is 5.06 Å². The number of rotatable bonds is 3. The van der Waals surface area contributed by atoms with Gasteiger partial charge in [0.05, 0.1) is 10.7 Å². The van der Waals surface area contributed by atoms with Crippen LogP contribution in [0.25, 0.3) is 0 Å². The normalized spacial score (nSPS) is 11.2. The average Bonchev–Trinajstić information content (AvgIpc) is 2.31. The highest BCUT2D eigenvalue weighted by Gasteiger charge is 2.12. The van der Waals surface area contributed by atoms with Crippen LogP contribution >= 0.6 is 22.0 Å². The molecule has 0 saturated heterocycles. The first-order chi connectivity index (χ1) is 5.88. The second-order valence-electron chi connectivity index (χ2n) is 1.90. The van der Waals surface area contributed by atoms with Crippen LogP contribution < -0.4 is 4.18 Å². The van der Waals surface area contributed by atoms with E-state index in [0.29, 0.717) is 11.3 Å². The summed E-state index contributed by atoms with van der Waals surface area (Å²) in [6, 6.07) is 2.44. The fourth-order valence-electron chi connectivity index (χ4n) is 0.578. The minimum absolute atomic E-state index is 0.0182. The quantitative estimate of drug-likeness (QED) is 0.809. The molecule has 1 N–H and O–H groups in total. The lowest BCUT2D eigenvalue weighted by atomic mass is 10.5. The van der Waals surface area contributed by atoms with E-state index in [1.807, 2.05) is 0 Å². The standard InChI is InChI=1S/C5H3ClO5S2/c6-13(9,10)11-4-2-1-3(12-4)5(7)8/h1-2H,(H,7,8). The molecule has 0 aromatic carbocycles. The molecule has 13 heavy (non-hydrogen) atoms. The molecule has 0 aliphatic heterocycles. The van der Waals surface area contributed by atoms with Gasteiger partial charge in [-0.3, -0.25) is 0 Å². The van der Waals surface area contributed by atoms with Gasteiger partial charge in [-0.25, -0.2) is 4.79 Å². The molecule has 0 radical (unpaired) electrons. The van der Waals surface area contributed by atoms with E-state index in [0.717, 1.165) is 0 Å². The third-order valence-corrected chi connectivity index (χ3v) is 2.60. The van der Waals surface area contributed by atoms with Crippen LogP contribution in [0.15, 0.2) is 12.1 Å². The van der Waals surface area contributed by atoms with Gasteiger partial charge in [-0.05, 0) is 12.1 Å². The van der Waals surface area contributed by atoms with Gasteiger partial charge in [-0.1, -0.05) is 11.3 Å². The summed E-state index contributed by atoms with van der Waals surface area (Å²) >= 11 is 0.682. The molecule has 0 saturated carbocycles. The Morgan fingerprint density at radius 1 is 1.54 bits per heavy atom. The molecule has 0 atom stereocenters. The van der Waals surface area contributed by atoms with E-state index >= 15 is 0 Å². The molecule has 1 rings (SSSR count). The Morgan fingerprint density at radius 3 is 2.54 bits per heavy atom. The van der Waals surface area contributed by atoms with Gasteiger partial charge in [-0.2, -0.15) is 8.42 Å². The first kappa shape index (κ1) is 10.3. The molecule has 5 nitrogen and oxygen atoms in total. The molecule has 1 aromatic rings. The lowest BCUT2D eigenvalue weighted by molar-refractivity contribution is 0.0702. The first-order valence-corrected chi connectivity index (χ1v) is 5.91. The monoisotopic (exact) mass is 242 g/mol. The van der Waals surface area contributed by atoms with Crippen LogP contribution in [0.2, 0.25) is 0 Å². The molecule has 0 unspecified atom stereocenters. The molecule has 0 fully saturated rings. The summed E-state index contributed by atoms with van der Waals surface area (Å²) < 4.78 is 25.0. The third kappa shape index (κ3) is 3.21. The molecule has 1 aromatic heterocycles. The molecule has 1 heterocycles. The summed E-state index contributed by atoms with van der Waals surface area (Å²) in [5.74, 6) is -1.15. The number of carboxylic acids is 1. The van der Waals surface area contributed by atoms with Crippen molar-refractivity contribution in [3.8, 4) is 5.06 Å². The van der Waals surface area contributed by atoms with Crippen molar-refractivity contribution in [3.63, 3.8) is 0 Å². The van der Waals surface area contributed by atoms with Crippen molar-refractivity contribution in [1.29, 1.82) is 0 Å². The lowest BCUT2D eigenvalue weighted by Gasteiger charge is -1.93. The highest BCUT2D eigenvalue weighted by Crippen LogP contribution is 2.26. The average molecular weight is 243 g/mol. The van der Waals surface area contributed by atoms with Crippen molar-refractivity contribution < 1.29 is 22.5 Å². The van der Waals surface area contributed by atoms with Gasteiger partial charge < -0.3 is 9.29 Å². The molecular formula is C5H3ClO5S2. The molecule has 0 amide bonds. The fourth-order valence-corrected chi connectivity index (χ4v) is 2.13. The topological polar surface area (TPSA) is 80.7 Å². The second-order valence-corrected chi connectivity index (χ2v) is 5.03. The van der Waals surface area contributed by atoms with Gasteiger partial charge in [0.1, 0.15) is 4.88 Å². The van der Waals surface area contributed by atoms with E-state index in [-0.39, 0.29) is 9.94 Å². The van der Waals surface area contributed by atoms with E-state index in [1.165, 1.54) is 12.1 Å². The van der Waals surface area contributed by atoms with Gasteiger partial charge in [0.25, 0.3) is 0 Å². The number of thiophene rings is 1. The Morgan fingerprint density at radius 2 is 2.15 bits per heavy atom. The predicted molar refractivity (Wildman–Crippen MR) is 46.7 cm³/mol. The van der Waals surface area contributed by atoms with Crippen LogP contribution in [0, 0.1) is 0 Å². The smallest absolute Gasteiger partial charge is 0.402 e. The highest BCUT2D eigenvalue weighted by atomic mass is 35.7. The van der Waals surface area contributed by atoms with Crippen LogP contribution in [0.4, 0.5) is 0 Å². The molecule has 0 aliphatic carbocycles. The molecular weight excluding hydrogens is 240 g/mol. The predicted octanol–water partition coefficient (Wildman–Crippen LogP) is 1.31. The summed E-state index contributed by atoms with van der Waals surface area (Å²) in [5.41, 5.74) is 0. The molecule has 0 bridgehead atoms. The van der Waals surface area contributed by atoms with Crippen molar-refractivity contribution >= 4 is 37.3 Å². The zero-order valence-electron chi connectivity index (χ0n) is 5.93. The second kappa shape index (κ2) is 3.52. The molecule has 72 valence electrons. The van der Waals surface area contributed by atoms with Crippen LogP contribution in [0.5, 0.6) is 5.06 Å². The van der Waals surface area contributed by atoms with Crippen LogP contribution in [-0.2, 0) is 9.33 Å². The Kier molecular flexibility index (Phi) is 2.79. The molecule has 0 spiro atoms. The maximum atomic E-state index is 10.4. The molecule has 0 aliphatic rings. The summed E-state index contributed by atoms with van der Waals surface area (Å²) in [7, 11) is 0.666. The van der Waals surface area contributed by atoms with Crippen molar-refractivity contribution in [2.75, 3.05) is 0 Å². The van der Waals surface area contributed by atoms with Crippen LogP contribution in [0.3, 0.4) is 0 Å². The number of halogens is 1.